The van der Waals surface area contributed by atoms with Crippen molar-refractivity contribution in [2.75, 3.05) is 19.6 Å². The molecule has 1 rings (SSSR count). The van der Waals surface area contributed by atoms with Gasteiger partial charge < -0.3 is 15.0 Å². The largest absolute Gasteiger partial charge is 0.444 e. The highest BCUT2D eigenvalue weighted by atomic mass is 16.6. The van der Waals surface area contributed by atoms with Crippen LogP contribution in [0, 0.1) is 0 Å². The standard InChI is InChI=1S/C16H27N3O2/c1-6-19(15(20)21-16(3,4)5)12-11-18-13(2)14-7-9-17-10-8-14/h7-10,13,18H,6,11-12H2,1-5H3. The molecule has 1 aromatic heterocycles. The number of nitrogens with zero attached hydrogens (tertiary/aromatic N) is 2. The number of nitrogens with one attached hydrogen (secondary N) is 1. The predicted octanol–water partition coefficient (Wildman–Crippen LogP) is 2.99. The molecule has 5 heteroatoms. The average Bonchev–Trinajstić information content (AvgIpc) is 2.42. The van der Waals surface area contributed by atoms with Crippen LogP contribution in [-0.2, 0) is 4.74 Å². The highest BCUT2D eigenvalue weighted by Gasteiger charge is 2.20. The van der Waals surface area contributed by atoms with Gasteiger partial charge in [-0.05, 0) is 52.3 Å². The van der Waals surface area contributed by atoms with Gasteiger partial charge in [0.05, 0.1) is 0 Å². The molecule has 118 valence electrons. The van der Waals surface area contributed by atoms with Crippen molar-refractivity contribution in [1.82, 2.24) is 15.2 Å². The van der Waals surface area contributed by atoms with Crippen molar-refractivity contribution in [3.8, 4) is 0 Å². The molecule has 1 N–H and O–H groups in total. The molecule has 0 fully saturated rings. The fourth-order valence-corrected chi connectivity index (χ4v) is 1.89. The molecule has 0 aromatic carbocycles. The molecule has 0 spiro atoms. The molecule has 0 aliphatic heterocycles. The maximum atomic E-state index is 12.0. The summed E-state index contributed by atoms with van der Waals surface area (Å²) in [5.41, 5.74) is 0.729. The number of ether oxygens (including phenoxy) is 1. The summed E-state index contributed by atoms with van der Waals surface area (Å²) >= 11 is 0. The fraction of sp³-hybridized carbons (Fsp3) is 0.625. The lowest BCUT2D eigenvalue weighted by molar-refractivity contribution is 0.0261. The van der Waals surface area contributed by atoms with Gasteiger partial charge in [0.1, 0.15) is 5.60 Å². The minimum Gasteiger partial charge on any atom is -0.444 e. The van der Waals surface area contributed by atoms with Crippen LogP contribution in [0.3, 0.4) is 0 Å². The van der Waals surface area contributed by atoms with Crippen molar-refractivity contribution in [1.29, 1.82) is 0 Å². The molecule has 21 heavy (non-hydrogen) atoms. The summed E-state index contributed by atoms with van der Waals surface area (Å²) in [6.07, 6.45) is 3.31. The van der Waals surface area contributed by atoms with Crippen LogP contribution in [0.2, 0.25) is 0 Å². The van der Waals surface area contributed by atoms with Crippen LogP contribution >= 0.6 is 0 Å². The zero-order chi connectivity index (χ0) is 15.9. The molecule has 5 nitrogen and oxygen atoms in total. The minimum atomic E-state index is -0.456. The molecule has 1 aromatic rings. The zero-order valence-electron chi connectivity index (χ0n) is 13.7. The van der Waals surface area contributed by atoms with Crippen LogP contribution < -0.4 is 5.32 Å². The van der Waals surface area contributed by atoms with Gasteiger partial charge in [0, 0.05) is 38.1 Å². The Hall–Kier alpha value is -1.62. The van der Waals surface area contributed by atoms with Crippen molar-refractivity contribution < 1.29 is 9.53 Å². The summed E-state index contributed by atoms with van der Waals surface area (Å²) < 4.78 is 5.38. The van der Waals surface area contributed by atoms with E-state index in [1.54, 1.807) is 17.3 Å². The Bertz CT molecular complexity index is 429. The average molecular weight is 293 g/mol. The molecular weight excluding hydrogens is 266 g/mol. The first-order chi connectivity index (χ1) is 9.83. The molecule has 0 radical (unpaired) electrons. The summed E-state index contributed by atoms with van der Waals surface area (Å²) in [6.45, 7) is 11.7. The van der Waals surface area contributed by atoms with E-state index in [1.807, 2.05) is 39.8 Å². The van der Waals surface area contributed by atoms with Crippen LogP contribution in [0.4, 0.5) is 4.79 Å². The van der Waals surface area contributed by atoms with Gasteiger partial charge in [-0.1, -0.05) is 0 Å². The highest BCUT2D eigenvalue weighted by molar-refractivity contribution is 5.68. The van der Waals surface area contributed by atoms with Crippen LogP contribution in [0.15, 0.2) is 24.5 Å². The molecule has 1 amide bonds. The van der Waals surface area contributed by atoms with Crippen LogP contribution in [0.1, 0.15) is 46.2 Å². The number of hydrogen-bond donors (Lipinski definition) is 1. The number of hydrogen-bond acceptors (Lipinski definition) is 4. The van der Waals surface area contributed by atoms with Crippen LogP contribution in [0.5, 0.6) is 0 Å². The van der Waals surface area contributed by atoms with E-state index in [9.17, 15) is 4.79 Å². The van der Waals surface area contributed by atoms with Crippen molar-refractivity contribution in [2.24, 2.45) is 0 Å². The van der Waals surface area contributed by atoms with Gasteiger partial charge in [-0.15, -0.1) is 0 Å². The van der Waals surface area contributed by atoms with E-state index in [0.717, 1.165) is 6.54 Å². The molecule has 0 saturated carbocycles. The van der Waals surface area contributed by atoms with E-state index in [-0.39, 0.29) is 12.1 Å². The molecule has 1 heterocycles. The Kier molecular flexibility index (Phi) is 6.62. The lowest BCUT2D eigenvalue weighted by Gasteiger charge is -2.27. The second kappa shape index (κ2) is 7.98. The van der Waals surface area contributed by atoms with Gasteiger partial charge in [0.15, 0.2) is 0 Å². The topological polar surface area (TPSA) is 54.5 Å². The van der Waals surface area contributed by atoms with Gasteiger partial charge in [-0.25, -0.2) is 4.79 Å². The number of aromatic nitrogens is 1. The second-order valence-corrected chi connectivity index (χ2v) is 6.02. The quantitative estimate of drug-likeness (QED) is 0.876. The second-order valence-electron chi connectivity index (χ2n) is 6.02. The van der Waals surface area contributed by atoms with Crippen LogP contribution in [-0.4, -0.2) is 41.2 Å². The number of carbonyl (C=O) groups is 1. The molecule has 0 saturated heterocycles. The van der Waals surface area contributed by atoms with Crippen molar-refractivity contribution >= 4 is 6.09 Å². The summed E-state index contributed by atoms with van der Waals surface area (Å²) in [7, 11) is 0. The van der Waals surface area contributed by atoms with Gasteiger partial charge in [0.25, 0.3) is 0 Å². The molecule has 0 aliphatic carbocycles. The third-order valence-corrected chi connectivity index (χ3v) is 3.07. The van der Waals surface area contributed by atoms with Crippen molar-refractivity contribution in [2.45, 2.75) is 46.3 Å². The Morgan fingerprint density at radius 2 is 2.00 bits per heavy atom. The molecule has 0 aliphatic rings. The van der Waals surface area contributed by atoms with Crippen molar-refractivity contribution in [3.05, 3.63) is 30.1 Å². The lowest BCUT2D eigenvalue weighted by Crippen LogP contribution is -2.40. The van der Waals surface area contributed by atoms with E-state index in [0.29, 0.717) is 13.1 Å². The molecule has 1 atom stereocenters. The smallest absolute Gasteiger partial charge is 0.410 e. The van der Waals surface area contributed by atoms with E-state index in [1.165, 1.54) is 5.56 Å². The molecular formula is C16H27N3O2. The van der Waals surface area contributed by atoms with E-state index >= 15 is 0 Å². The number of pyridine rings is 1. The summed E-state index contributed by atoms with van der Waals surface area (Å²) in [5, 5.41) is 3.40. The van der Waals surface area contributed by atoms with Crippen LogP contribution in [0.25, 0.3) is 0 Å². The Labute approximate surface area is 127 Å². The normalized spacial score (nSPS) is 12.8. The first-order valence-electron chi connectivity index (χ1n) is 7.44. The maximum absolute atomic E-state index is 12.0. The lowest BCUT2D eigenvalue weighted by atomic mass is 10.1. The van der Waals surface area contributed by atoms with Gasteiger partial charge >= 0.3 is 6.09 Å². The summed E-state index contributed by atoms with van der Waals surface area (Å²) in [4.78, 5) is 17.7. The fourth-order valence-electron chi connectivity index (χ4n) is 1.89. The Balaban J connectivity index is 2.40. The van der Waals surface area contributed by atoms with E-state index < -0.39 is 5.60 Å². The number of likely N-dealkylation sites (N-methyl/N-ethyl adjacent to an activating group) is 1. The Morgan fingerprint density at radius 3 is 2.52 bits per heavy atom. The van der Waals surface area contributed by atoms with E-state index in [4.69, 9.17) is 4.74 Å². The number of carbonyl (C=O) groups excluding carboxylic acids is 1. The summed E-state index contributed by atoms with van der Waals surface area (Å²) in [6, 6.07) is 4.21. The number of amides is 1. The first-order valence-corrected chi connectivity index (χ1v) is 7.44. The first kappa shape index (κ1) is 17.4. The maximum Gasteiger partial charge on any atom is 0.410 e. The number of rotatable bonds is 6. The Morgan fingerprint density at radius 1 is 1.38 bits per heavy atom. The summed E-state index contributed by atoms with van der Waals surface area (Å²) in [5.74, 6) is 0. The minimum absolute atomic E-state index is 0.227. The van der Waals surface area contributed by atoms with Gasteiger partial charge in [-0.2, -0.15) is 0 Å². The van der Waals surface area contributed by atoms with Gasteiger partial charge in [0.2, 0.25) is 0 Å². The highest BCUT2D eigenvalue weighted by Crippen LogP contribution is 2.11. The van der Waals surface area contributed by atoms with Crippen molar-refractivity contribution in [3.63, 3.8) is 0 Å². The van der Waals surface area contributed by atoms with Gasteiger partial charge in [-0.3, -0.25) is 4.98 Å². The molecule has 0 bridgehead atoms. The van der Waals surface area contributed by atoms with E-state index in [2.05, 4.69) is 17.2 Å². The predicted molar refractivity (Wildman–Crippen MR) is 84.1 cm³/mol. The SMILES string of the molecule is CCN(CCNC(C)c1ccncc1)C(=O)OC(C)(C)C. The zero-order valence-corrected chi connectivity index (χ0v) is 13.7. The molecule has 1 unspecified atom stereocenters. The monoisotopic (exact) mass is 293 g/mol. The third kappa shape index (κ3) is 6.58. The third-order valence-electron chi connectivity index (χ3n) is 3.07.